The highest BCUT2D eigenvalue weighted by atomic mass is 32.2. The fraction of sp³-hybridized carbons (Fsp3) is 0.462. The van der Waals surface area contributed by atoms with E-state index in [9.17, 15) is 13.2 Å². The van der Waals surface area contributed by atoms with E-state index in [0.717, 1.165) is 5.56 Å². The minimum atomic E-state index is -3.57. The summed E-state index contributed by atoms with van der Waals surface area (Å²) in [6.45, 7) is 2.23. The summed E-state index contributed by atoms with van der Waals surface area (Å²) in [7, 11) is -2.03. The standard InChI is InChI=1S/C13H18N2O4S/c1-9-4-3-5-11(19-2)13(9)15-7-10(6-12(15)16)8-20(14,17)18/h3-5,10H,6-8H2,1-2H3,(H2,14,17,18). The molecule has 0 aliphatic carbocycles. The van der Waals surface area contributed by atoms with Crippen LogP contribution in [-0.4, -0.2) is 33.7 Å². The Kier molecular flexibility index (Phi) is 4.01. The minimum absolute atomic E-state index is 0.105. The smallest absolute Gasteiger partial charge is 0.227 e. The van der Waals surface area contributed by atoms with Crippen LogP contribution in [0.15, 0.2) is 18.2 Å². The van der Waals surface area contributed by atoms with Crippen molar-refractivity contribution in [3.63, 3.8) is 0 Å². The van der Waals surface area contributed by atoms with Gasteiger partial charge in [0.25, 0.3) is 0 Å². The highest BCUT2D eigenvalue weighted by Gasteiger charge is 2.34. The molecule has 1 amide bonds. The van der Waals surface area contributed by atoms with Crippen LogP contribution in [0, 0.1) is 12.8 Å². The lowest BCUT2D eigenvalue weighted by Crippen LogP contribution is -2.28. The summed E-state index contributed by atoms with van der Waals surface area (Å²) in [4.78, 5) is 13.7. The van der Waals surface area contributed by atoms with E-state index in [2.05, 4.69) is 0 Å². The van der Waals surface area contributed by atoms with Gasteiger partial charge in [-0.2, -0.15) is 0 Å². The number of benzene rings is 1. The molecule has 110 valence electrons. The molecule has 1 heterocycles. The van der Waals surface area contributed by atoms with Gasteiger partial charge in [0.2, 0.25) is 15.9 Å². The largest absolute Gasteiger partial charge is 0.495 e. The number of methoxy groups -OCH3 is 1. The van der Waals surface area contributed by atoms with E-state index < -0.39 is 10.0 Å². The third kappa shape index (κ3) is 3.10. The predicted octanol–water partition coefficient (Wildman–Crippen LogP) is 0.645. The van der Waals surface area contributed by atoms with Crippen molar-refractivity contribution in [1.82, 2.24) is 0 Å². The van der Waals surface area contributed by atoms with E-state index in [0.29, 0.717) is 18.0 Å². The van der Waals surface area contributed by atoms with Crippen LogP contribution in [0.2, 0.25) is 0 Å². The van der Waals surface area contributed by atoms with Crippen LogP contribution < -0.4 is 14.8 Å². The summed E-state index contributed by atoms with van der Waals surface area (Å²) in [6, 6.07) is 5.51. The Morgan fingerprint density at radius 2 is 2.15 bits per heavy atom. The van der Waals surface area contributed by atoms with Crippen molar-refractivity contribution in [3.05, 3.63) is 23.8 Å². The van der Waals surface area contributed by atoms with Crippen LogP contribution in [0.25, 0.3) is 0 Å². The van der Waals surface area contributed by atoms with E-state index in [-0.39, 0.29) is 24.0 Å². The number of carbonyl (C=O) groups excluding carboxylic acids is 1. The second-order valence-corrected chi connectivity index (χ2v) is 6.69. The molecular weight excluding hydrogens is 280 g/mol. The number of anilines is 1. The Bertz CT molecular complexity index is 627. The highest BCUT2D eigenvalue weighted by molar-refractivity contribution is 7.89. The quantitative estimate of drug-likeness (QED) is 0.883. The summed E-state index contributed by atoms with van der Waals surface area (Å²) in [6.07, 6.45) is 0.188. The molecule has 1 fully saturated rings. The molecule has 0 saturated carbocycles. The van der Waals surface area contributed by atoms with Crippen LogP contribution in [0.4, 0.5) is 5.69 Å². The zero-order chi connectivity index (χ0) is 14.9. The maximum atomic E-state index is 12.1. The third-order valence-electron chi connectivity index (χ3n) is 3.36. The van der Waals surface area contributed by atoms with Crippen LogP contribution in [-0.2, 0) is 14.8 Å². The Hall–Kier alpha value is -1.60. The molecule has 1 aromatic carbocycles. The van der Waals surface area contributed by atoms with Crippen LogP contribution in [0.1, 0.15) is 12.0 Å². The summed E-state index contributed by atoms with van der Waals surface area (Å²) in [5, 5.41) is 5.05. The molecule has 0 radical (unpaired) electrons. The molecule has 0 spiro atoms. The fourth-order valence-electron chi connectivity index (χ4n) is 2.58. The van der Waals surface area contributed by atoms with Crippen LogP contribution in [0.5, 0.6) is 5.75 Å². The lowest BCUT2D eigenvalue weighted by Gasteiger charge is -2.21. The maximum absolute atomic E-state index is 12.1. The van der Waals surface area contributed by atoms with Gasteiger partial charge < -0.3 is 9.64 Å². The molecule has 1 aliphatic heterocycles. The van der Waals surface area contributed by atoms with Gasteiger partial charge in [0.1, 0.15) is 5.75 Å². The van der Waals surface area contributed by atoms with Crippen molar-refractivity contribution in [2.75, 3.05) is 24.3 Å². The van der Waals surface area contributed by atoms with Crippen LogP contribution in [0.3, 0.4) is 0 Å². The van der Waals surface area contributed by atoms with Gasteiger partial charge in [-0.05, 0) is 18.6 Å². The fourth-order valence-corrected chi connectivity index (χ4v) is 3.46. The molecule has 1 aromatic rings. The van der Waals surface area contributed by atoms with Crippen molar-refractivity contribution >= 4 is 21.6 Å². The molecule has 2 rings (SSSR count). The van der Waals surface area contributed by atoms with Crippen molar-refractivity contribution in [2.45, 2.75) is 13.3 Å². The third-order valence-corrected chi connectivity index (χ3v) is 4.30. The van der Waals surface area contributed by atoms with Gasteiger partial charge in [-0.1, -0.05) is 12.1 Å². The van der Waals surface area contributed by atoms with Crippen molar-refractivity contribution in [2.24, 2.45) is 11.1 Å². The average molecular weight is 298 g/mol. The molecule has 6 nitrogen and oxygen atoms in total. The second-order valence-electron chi connectivity index (χ2n) is 5.03. The Balaban J connectivity index is 2.29. The van der Waals surface area contributed by atoms with Gasteiger partial charge in [-0.25, -0.2) is 13.6 Å². The minimum Gasteiger partial charge on any atom is -0.495 e. The number of para-hydroxylation sites is 1. The Morgan fingerprint density at radius 1 is 1.45 bits per heavy atom. The Labute approximate surface area is 118 Å². The Morgan fingerprint density at radius 3 is 2.75 bits per heavy atom. The van der Waals surface area contributed by atoms with E-state index in [4.69, 9.17) is 9.88 Å². The van der Waals surface area contributed by atoms with Gasteiger partial charge in [-0.15, -0.1) is 0 Å². The van der Waals surface area contributed by atoms with E-state index in [1.807, 2.05) is 19.1 Å². The monoisotopic (exact) mass is 298 g/mol. The number of aryl methyl sites for hydroxylation is 1. The molecule has 7 heteroatoms. The van der Waals surface area contributed by atoms with E-state index >= 15 is 0 Å². The van der Waals surface area contributed by atoms with Crippen molar-refractivity contribution < 1.29 is 17.9 Å². The maximum Gasteiger partial charge on any atom is 0.227 e. The summed E-state index contributed by atoms with van der Waals surface area (Å²) in [5.74, 6) is 0.0475. The number of nitrogens with zero attached hydrogens (tertiary/aromatic N) is 1. The normalized spacial score (nSPS) is 19.4. The molecule has 0 bridgehead atoms. The summed E-state index contributed by atoms with van der Waals surface area (Å²) < 4.78 is 27.6. The molecule has 1 unspecified atom stereocenters. The first-order valence-corrected chi connectivity index (χ1v) is 7.98. The molecule has 1 atom stereocenters. The highest BCUT2D eigenvalue weighted by Crippen LogP contribution is 2.35. The van der Waals surface area contributed by atoms with Gasteiger partial charge in [0.05, 0.1) is 18.6 Å². The molecule has 1 saturated heterocycles. The molecule has 2 N–H and O–H groups in total. The number of primary sulfonamides is 1. The van der Waals surface area contributed by atoms with Crippen LogP contribution >= 0.6 is 0 Å². The lowest BCUT2D eigenvalue weighted by molar-refractivity contribution is -0.117. The summed E-state index contributed by atoms with van der Waals surface area (Å²) >= 11 is 0. The van der Waals surface area contributed by atoms with Gasteiger partial charge in [0.15, 0.2) is 0 Å². The van der Waals surface area contributed by atoms with Crippen molar-refractivity contribution in [1.29, 1.82) is 0 Å². The number of rotatable bonds is 4. The zero-order valence-corrected chi connectivity index (χ0v) is 12.3. The zero-order valence-electron chi connectivity index (χ0n) is 11.5. The second kappa shape index (κ2) is 5.41. The van der Waals surface area contributed by atoms with Gasteiger partial charge >= 0.3 is 0 Å². The van der Waals surface area contributed by atoms with E-state index in [1.54, 1.807) is 18.1 Å². The first-order valence-electron chi connectivity index (χ1n) is 6.26. The number of hydrogen-bond donors (Lipinski definition) is 1. The lowest BCUT2D eigenvalue weighted by atomic mass is 10.1. The average Bonchev–Trinajstić information content (AvgIpc) is 2.67. The summed E-state index contributed by atoms with van der Waals surface area (Å²) in [5.41, 5.74) is 1.62. The van der Waals surface area contributed by atoms with Gasteiger partial charge in [-0.3, -0.25) is 4.79 Å². The first kappa shape index (κ1) is 14.8. The number of nitrogens with two attached hydrogens (primary N) is 1. The number of hydrogen-bond acceptors (Lipinski definition) is 4. The SMILES string of the molecule is COc1cccc(C)c1N1CC(CS(N)(=O)=O)CC1=O. The predicted molar refractivity (Wildman–Crippen MR) is 76.2 cm³/mol. The van der Waals surface area contributed by atoms with Crippen molar-refractivity contribution in [3.8, 4) is 5.75 Å². The topological polar surface area (TPSA) is 89.7 Å². The first-order chi connectivity index (χ1) is 9.31. The number of ether oxygens (including phenoxy) is 1. The van der Waals surface area contributed by atoms with Gasteiger partial charge in [0, 0.05) is 18.9 Å². The number of sulfonamides is 1. The molecule has 0 aromatic heterocycles. The molecule has 1 aliphatic rings. The molecule has 20 heavy (non-hydrogen) atoms. The number of amides is 1. The molecular formula is C13H18N2O4S. The van der Waals surface area contributed by atoms with E-state index in [1.165, 1.54) is 0 Å². The number of carbonyl (C=O) groups is 1.